The van der Waals surface area contributed by atoms with E-state index in [2.05, 4.69) is 0 Å². The maximum absolute atomic E-state index is 11.9. The number of Topliss-reactive ketones (excluding diaryl/α,β-unsaturated/α-hetero) is 1. The van der Waals surface area contributed by atoms with E-state index in [-0.39, 0.29) is 18.6 Å². The highest BCUT2D eigenvalue weighted by Crippen LogP contribution is 2.29. The summed E-state index contributed by atoms with van der Waals surface area (Å²) in [6.07, 6.45) is 1.55. The molecule has 0 amide bonds. The fourth-order valence-corrected chi connectivity index (χ4v) is 1.70. The Morgan fingerprint density at radius 3 is 2.19 bits per heavy atom. The van der Waals surface area contributed by atoms with Gasteiger partial charge in [0.05, 0.1) is 19.6 Å². The maximum Gasteiger partial charge on any atom is 0.303 e. The summed E-state index contributed by atoms with van der Waals surface area (Å²) in [7, 11) is 0. The van der Waals surface area contributed by atoms with Gasteiger partial charge < -0.3 is 14.6 Å². The first kappa shape index (κ1) is 17.0. The van der Waals surface area contributed by atoms with Crippen molar-refractivity contribution in [1.29, 1.82) is 0 Å². The molecule has 0 aromatic heterocycles. The average molecular weight is 294 g/mol. The number of ketones is 1. The Hall–Kier alpha value is -2.04. The first-order chi connectivity index (χ1) is 10.1. The molecule has 0 aliphatic carbocycles. The number of carbonyl (C=O) groups excluding carboxylic acids is 1. The van der Waals surface area contributed by atoms with Gasteiger partial charge in [-0.2, -0.15) is 0 Å². The maximum atomic E-state index is 11.9. The van der Waals surface area contributed by atoms with Crippen molar-refractivity contribution in [3.05, 3.63) is 23.8 Å². The van der Waals surface area contributed by atoms with Gasteiger partial charge in [0.1, 0.15) is 0 Å². The summed E-state index contributed by atoms with van der Waals surface area (Å²) in [5, 5.41) is 8.62. The number of hydrogen-bond acceptors (Lipinski definition) is 4. The van der Waals surface area contributed by atoms with Crippen LogP contribution in [-0.4, -0.2) is 30.1 Å². The minimum atomic E-state index is -0.978. The van der Waals surface area contributed by atoms with Crippen LogP contribution in [0.4, 0.5) is 0 Å². The molecule has 0 saturated carbocycles. The highest BCUT2D eigenvalue weighted by molar-refractivity contribution is 5.98. The Balaban J connectivity index is 2.86. The third kappa shape index (κ3) is 5.85. The van der Waals surface area contributed by atoms with Crippen LogP contribution >= 0.6 is 0 Å². The first-order valence-corrected chi connectivity index (χ1v) is 7.23. The van der Waals surface area contributed by atoms with Crippen LogP contribution in [-0.2, 0) is 4.79 Å². The van der Waals surface area contributed by atoms with Crippen molar-refractivity contribution < 1.29 is 24.2 Å². The molecular weight excluding hydrogens is 272 g/mol. The Kier molecular flexibility index (Phi) is 7.29. The van der Waals surface area contributed by atoms with Crippen LogP contribution in [0.2, 0.25) is 0 Å². The molecule has 0 spiro atoms. The molecule has 5 nitrogen and oxygen atoms in total. The third-order valence-electron chi connectivity index (χ3n) is 2.75. The molecule has 0 bridgehead atoms. The molecule has 1 N–H and O–H groups in total. The zero-order chi connectivity index (χ0) is 15.7. The fraction of sp³-hybridized carbons (Fsp3) is 0.500. The minimum Gasteiger partial charge on any atom is -0.490 e. The lowest BCUT2D eigenvalue weighted by Crippen LogP contribution is -2.06. The molecule has 5 heteroatoms. The highest BCUT2D eigenvalue weighted by Gasteiger charge is 2.13. The molecular formula is C16H22O5. The summed E-state index contributed by atoms with van der Waals surface area (Å²) in [4.78, 5) is 22.5. The molecule has 1 aromatic carbocycles. The van der Waals surface area contributed by atoms with Gasteiger partial charge in [-0.3, -0.25) is 9.59 Å². The van der Waals surface area contributed by atoms with Gasteiger partial charge in [0.25, 0.3) is 0 Å². The van der Waals surface area contributed by atoms with Crippen LogP contribution in [0.25, 0.3) is 0 Å². The van der Waals surface area contributed by atoms with Gasteiger partial charge in [0.15, 0.2) is 17.3 Å². The number of benzene rings is 1. The average Bonchev–Trinajstić information content (AvgIpc) is 2.48. The van der Waals surface area contributed by atoms with E-state index in [0.29, 0.717) is 30.3 Å². The molecule has 1 aromatic rings. The predicted molar refractivity (Wildman–Crippen MR) is 79.2 cm³/mol. The van der Waals surface area contributed by atoms with Crippen molar-refractivity contribution in [2.24, 2.45) is 0 Å². The van der Waals surface area contributed by atoms with Gasteiger partial charge in [-0.05, 0) is 31.0 Å². The largest absolute Gasteiger partial charge is 0.490 e. The van der Waals surface area contributed by atoms with E-state index < -0.39 is 5.97 Å². The third-order valence-corrected chi connectivity index (χ3v) is 2.75. The summed E-state index contributed by atoms with van der Waals surface area (Å²) in [6, 6.07) is 4.98. The first-order valence-electron chi connectivity index (χ1n) is 7.23. The Morgan fingerprint density at radius 1 is 1.00 bits per heavy atom. The molecule has 0 aliphatic rings. The molecule has 0 fully saturated rings. The predicted octanol–water partition coefficient (Wildman–Crippen LogP) is 3.31. The smallest absolute Gasteiger partial charge is 0.303 e. The summed E-state index contributed by atoms with van der Waals surface area (Å²) in [6.45, 7) is 5.12. The number of aliphatic carboxylic acids is 1. The summed E-state index contributed by atoms with van der Waals surface area (Å²) in [5.74, 6) is -0.0407. The zero-order valence-electron chi connectivity index (χ0n) is 12.6. The molecule has 0 saturated heterocycles. The van der Waals surface area contributed by atoms with Crippen molar-refractivity contribution in [2.75, 3.05) is 13.2 Å². The zero-order valence-corrected chi connectivity index (χ0v) is 12.6. The van der Waals surface area contributed by atoms with Crippen molar-refractivity contribution in [3.63, 3.8) is 0 Å². The van der Waals surface area contributed by atoms with E-state index >= 15 is 0 Å². The second kappa shape index (κ2) is 9.00. The highest BCUT2D eigenvalue weighted by atomic mass is 16.5. The van der Waals surface area contributed by atoms with Gasteiger partial charge >= 0.3 is 5.97 Å². The summed E-state index contributed by atoms with van der Waals surface area (Å²) >= 11 is 0. The van der Waals surface area contributed by atoms with Crippen molar-refractivity contribution in [3.8, 4) is 11.5 Å². The second-order valence-electron chi connectivity index (χ2n) is 4.68. The van der Waals surface area contributed by atoms with Crippen LogP contribution in [0.3, 0.4) is 0 Å². The molecule has 21 heavy (non-hydrogen) atoms. The molecule has 1 rings (SSSR count). The lowest BCUT2D eigenvalue weighted by Gasteiger charge is -2.13. The Morgan fingerprint density at radius 2 is 1.62 bits per heavy atom. The van der Waals surface area contributed by atoms with Crippen LogP contribution < -0.4 is 9.47 Å². The molecule has 0 radical (unpaired) electrons. The van der Waals surface area contributed by atoms with Crippen LogP contribution in [0.15, 0.2) is 18.2 Å². The molecule has 0 aliphatic heterocycles. The van der Waals surface area contributed by atoms with E-state index in [0.717, 1.165) is 12.8 Å². The van der Waals surface area contributed by atoms with Crippen LogP contribution in [0.1, 0.15) is 49.9 Å². The quantitative estimate of drug-likeness (QED) is 0.670. The number of ether oxygens (including phenoxy) is 2. The number of carbonyl (C=O) groups is 2. The van der Waals surface area contributed by atoms with Crippen LogP contribution in [0, 0.1) is 0 Å². The van der Waals surface area contributed by atoms with Crippen molar-refractivity contribution >= 4 is 11.8 Å². The second-order valence-corrected chi connectivity index (χ2v) is 4.68. The Bertz CT molecular complexity index is 482. The normalized spacial score (nSPS) is 10.2. The molecule has 0 unspecified atom stereocenters. The SMILES string of the molecule is CCCOc1ccc(C(=O)CCC(=O)O)cc1OCCC. The van der Waals surface area contributed by atoms with E-state index in [4.69, 9.17) is 14.6 Å². The van der Waals surface area contributed by atoms with Gasteiger partial charge in [0, 0.05) is 12.0 Å². The number of hydrogen-bond donors (Lipinski definition) is 1. The van der Waals surface area contributed by atoms with Gasteiger partial charge in [-0.25, -0.2) is 0 Å². The van der Waals surface area contributed by atoms with E-state index in [1.807, 2.05) is 13.8 Å². The van der Waals surface area contributed by atoms with E-state index in [1.54, 1.807) is 18.2 Å². The summed E-state index contributed by atoms with van der Waals surface area (Å²) in [5.41, 5.74) is 0.450. The lowest BCUT2D eigenvalue weighted by atomic mass is 10.1. The number of carboxylic acids is 1. The van der Waals surface area contributed by atoms with Crippen molar-refractivity contribution in [2.45, 2.75) is 39.5 Å². The van der Waals surface area contributed by atoms with Crippen molar-refractivity contribution in [1.82, 2.24) is 0 Å². The van der Waals surface area contributed by atoms with E-state index in [9.17, 15) is 9.59 Å². The van der Waals surface area contributed by atoms with Crippen LogP contribution in [0.5, 0.6) is 11.5 Å². The number of carboxylic acid groups (broad SMARTS) is 1. The molecule has 0 atom stereocenters. The van der Waals surface area contributed by atoms with Gasteiger partial charge in [-0.1, -0.05) is 13.8 Å². The van der Waals surface area contributed by atoms with Gasteiger partial charge in [0.2, 0.25) is 0 Å². The lowest BCUT2D eigenvalue weighted by molar-refractivity contribution is -0.136. The topological polar surface area (TPSA) is 72.8 Å². The standard InChI is InChI=1S/C16H22O5/c1-3-9-20-14-7-5-12(11-15(14)21-10-4-2)13(17)6-8-16(18)19/h5,7,11H,3-4,6,8-10H2,1-2H3,(H,18,19). The van der Waals surface area contributed by atoms with E-state index in [1.165, 1.54) is 0 Å². The monoisotopic (exact) mass is 294 g/mol. The van der Waals surface area contributed by atoms with Gasteiger partial charge in [-0.15, -0.1) is 0 Å². The number of rotatable bonds is 10. The molecule has 116 valence electrons. The summed E-state index contributed by atoms with van der Waals surface area (Å²) < 4.78 is 11.2. The fourth-order valence-electron chi connectivity index (χ4n) is 1.70. The minimum absolute atomic E-state index is 0.0162. The Labute approximate surface area is 124 Å². The molecule has 0 heterocycles.